The number of methoxy groups -OCH3 is 1. The summed E-state index contributed by atoms with van der Waals surface area (Å²) in [5.74, 6) is 0.648. The van der Waals surface area contributed by atoms with E-state index in [1.807, 2.05) is 0 Å². The lowest BCUT2D eigenvalue weighted by atomic mass is 10.3. The zero-order valence-electron chi connectivity index (χ0n) is 9.26. The van der Waals surface area contributed by atoms with Crippen molar-refractivity contribution < 1.29 is 19.1 Å². The van der Waals surface area contributed by atoms with Crippen LogP contribution in [0.5, 0.6) is 0 Å². The van der Waals surface area contributed by atoms with Gasteiger partial charge in [0.25, 0.3) is 5.89 Å². The number of aliphatic hydroxyl groups excluding tert-OH is 1. The number of nitrogens with two attached hydrogens (primary N) is 1. The van der Waals surface area contributed by atoms with Crippen LogP contribution in [0.1, 0.15) is 17.8 Å². The van der Waals surface area contributed by atoms with Gasteiger partial charge < -0.3 is 24.8 Å². The molecule has 7 heteroatoms. The van der Waals surface area contributed by atoms with Crippen molar-refractivity contribution in [3.05, 3.63) is 11.7 Å². The predicted octanol–water partition coefficient (Wildman–Crippen LogP) is -0.733. The highest BCUT2D eigenvalue weighted by Gasteiger charge is 2.13. The molecule has 7 nitrogen and oxygen atoms in total. The van der Waals surface area contributed by atoms with Gasteiger partial charge in [0.2, 0.25) is 0 Å². The maximum absolute atomic E-state index is 9.32. The summed E-state index contributed by atoms with van der Waals surface area (Å²) in [4.78, 5) is 3.98. The lowest BCUT2D eigenvalue weighted by Crippen LogP contribution is -2.12. The van der Waals surface area contributed by atoms with Gasteiger partial charge in [0.1, 0.15) is 6.10 Å². The van der Waals surface area contributed by atoms with Crippen LogP contribution >= 0.6 is 0 Å². The maximum atomic E-state index is 9.32. The SMILES string of the molecule is COCCOCCc1noc(C(O)CN)n1. The summed E-state index contributed by atoms with van der Waals surface area (Å²) in [5, 5.41) is 13.0. The topological polar surface area (TPSA) is 104 Å². The monoisotopic (exact) mass is 231 g/mol. The fraction of sp³-hybridized carbons (Fsp3) is 0.778. The molecule has 1 aromatic rings. The zero-order valence-corrected chi connectivity index (χ0v) is 9.26. The van der Waals surface area contributed by atoms with Gasteiger partial charge in [0.05, 0.1) is 19.8 Å². The molecule has 0 aliphatic heterocycles. The molecule has 16 heavy (non-hydrogen) atoms. The van der Waals surface area contributed by atoms with Gasteiger partial charge in [-0.25, -0.2) is 0 Å². The second kappa shape index (κ2) is 7.29. The van der Waals surface area contributed by atoms with Gasteiger partial charge >= 0.3 is 0 Å². The molecule has 0 aliphatic carbocycles. The largest absolute Gasteiger partial charge is 0.382 e. The Morgan fingerprint density at radius 1 is 1.44 bits per heavy atom. The second-order valence-electron chi connectivity index (χ2n) is 3.16. The van der Waals surface area contributed by atoms with Crippen LogP contribution in [0.2, 0.25) is 0 Å². The van der Waals surface area contributed by atoms with Crippen molar-refractivity contribution in [3.63, 3.8) is 0 Å². The van der Waals surface area contributed by atoms with E-state index < -0.39 is 6.10 Å². The molecule has 0 bridgehead atoms. The van der Waals surface area contributed by atoms with Crippen molar-refractivity contribution >= 4 is 0 Å². The average Bonchev–Trinajstić information content (AvgIpc) is 2.76. The third-order valence-electron chi connectivity index (χ3n) is 1.89. The summed E-state index contributed by atoms with van der Waals surface area (Å²) in [6.45, 7) is 1.64. The molecule has 0 saturated carbocycles. The summed E-state index contributed by atoms with van der Waals surface area (Å²) in [6, 6.07) is 0. The predicted molar refractivity (Wildman–Crippen MR) is 54.7 cm³/mol. The third-order valence-corrected chi connectivity index (χ3v) is 1.89. The molecule has 1 heterocycles. The van der Waals surface area contributed by atoms with E-state index in [-0.39, 0.29) is 12.4 Å². The Morgan fingerprint density at radius 3 is 2.94 bits per heavy atom. The number of aromatic nitrogens is 2. The first-order chi connectivity index (χ1) is 7.77. The Kier molecular flexibility index (Phi) is 5.94. The van der Waals surface area contributed by atoms with E-state index in [1.165, 1.54) is 0 Å². The van der Waals surface area contributed by atoms with Crippen LogP contribution in [-0.2, 0) is 15.9 Å². The molecule has 1 aromatic heterocycles. The van der Waals surface area contributed by atoms with Crippen LogP contribution in [0.4, 0.5) is 0 Å². The highest BCUT2D eigenvalue weighted by atomic mass is 16.5. The fourth-order valence-corrected chi connectivity index (χ4v) is 1.01. The van der Waals surface area contributed by atoms with Crippen molar-refractivity contribution in [2.24, 2.45) is 5.73 Å². The number of rotatable bonds is 8. The van der Waals surface area contributed by atoms with E-state index in [2.05, 4.69) is 10.1 Å². The summed E-state index contributed by atoms with van der Waals surface area (Å²) < 4.78 is 14.9. The van der Waals surface area contributed by atoms with Crippen molar-refractivity contribution in [2.45, 2.75) is 12.5 Å². The minimum absolute atomic E-state index is 0.0615. The van der Waals surface area contributed by atoms with E-state index in [0.717, 1.165) is 0 Å². The molecule has 0 amide bonds. The van der Waals surface area contributed by atoms with Crippen LogP contribution < -0.4 is 5.73 Å². The van der Waals surface area contributed by atoms with Gasteiger partial charge in [-0.05, 0) is 0 Å². The van der Waals surface area contributed by atoms with Gasteiger partial charge in [-0.15, -0.1) is 0 Å². The Balaban J connectivity index is 2.24. The number of aliphatic hydroxyl groups is 1. The first-order valence-corrected chi connectivity index (χ1v) is 5.05. The van der Waals surface area contributed by atoms with Crippen molar-refractivity contribution in [1.82, 2.24) is 10.1 Å². The summed E-state index contributed by atoms with van der Waals surface area (Å²) in [5.41, 5.74) is 5.25. The molecular formula is C9H17N3O4. The van der Waals surface area contributed by atoms with E-state index >= 15 is 0 Å². The summed E-state index contributed by atoms with van der Waals surface area (Å²) >= 11 is 0. The Hall–Kier alpha value is -1.02. The van der Waals surface area contributed by atoms with Crippen LogP contribution in [0.3, 0.4) is 0 Å². The van der Waals surface area contributed by atoms with Crippen molar-refractivity contribution in [2.75, 3.05) is 33.5 Å². The second-order valence-corrected chi connectivity index (χ2v) is 3.16. The first kappa shape index (κ1) is 13.0. The molecule has 3 N–H and O–H groups in total. The van der Waals surface area contributed by atoms with Gasteiger partial charge in [-0.2, -0.15) is 4.98 Å². The highest BCUT2D eigenvalue weighted by molar-refractivity contribution is 4.90. The summed E-state index contributed by atoms with van der Waals surface area (Å²) in [7, 11) is 1.61. The Labute approximate surface area is 93.5 Å². The van der Waals surface area contributed by atoms with Gasteiger partial charge in [0, 0.05) is 20.1 Å². The number of ether oxygens (including phenoxy) is 2. The van der Waals surface area contributed by atoms with Gasteiger partial charge in [-0.3, -0.25) is 0 Å². The Bertz CT molecular complexity index is 292. The molecular weight excluding hydrogens is 214 g/mol. The van der Waals surface area contributed by atoms with Crippen molar-refractivity contribution in [1.29, 1.82) is 0 Å². The molecule has 0 aliphatic rings. The van der Waals surface area contributed by atoms with Gasteiger partial charge in [-0.1, -0.05) is 5.16 Å². The molecule has 1 rings (SSSR count). The van der Waals surface area contributed by atoms with Crippen LogP contribution in [0.15, 0.2) is 4.52 Å². The smallest absolute Gasteiger partial charge is 0.256 e. The molecule has 1 atom stereocenters. The van der Waals surface area contributed by atoms with E-state index in [9.17, 15) is 5.11 Å². The van der Waals surface area contributed by atoms with E-state index in [1.54, 1.807) is 7.11 Å². The normalized spacial score (nSPS) is 12.9. The van der Waals surface area contributed by atoms with E-state index in [0.29, 0.717) is 32.1 Å². The fourth-order valence-electron chi connectivity index (χ4n) is 1.01. The quantitative estimate of drug-likeness (QED) is 0.568. The number of hydrogen-bond donors (Lipinski definition) is 2. The molecule has 0 fully saturated rings. The van der Waals surface area contributed by atoms with Gasteiger partial charge in [0.15, 0.2) is 5.82 Å². The van der Waals surface area contributed by atoms with E-state index in [4.69, 9.17) is 19.7 Å². The maximum Gasteiger partial charge on any atom is 0.256 e. The standard InChI is InChI=1S/C9H17N3O4/c1-14-4-5-15-3-2-8-11-9(16-12-8)7(13)6-10/h7,13H,2-6,10H2,1H3. The van der Waals surface area contributed by atoms with Crippen molar-refractivity contribution in [3.8, 4) is 0 Å². The lowest BCUT2D eigenvalue weighted by Gasteiger charge is -2.00. The average molecular weight is 231 g/mol. The minimum Gasteiger partial charge on any atom is -0.382 e. The van der Waals surface area contributed by atoms with Crippen LogP contribution in [0, 0.1) is 0 Å². The van der Waals surface area contributed by atoms with Crippen LogP contribution in [0.25, 0.3) is 0 Å². The Morgan fingerprint density at radius 2 is 2.25 bits per heavy atom. The lowest BCUT2D eigenvalue weighted by molar-refractivity contribution is 0.0714. The molecule has 1 unspecified atom stereocenters. The molecule has 92 valence electrons. The first-order valence-electron chi connectivity index (χ1n) is 5.05. The molecule has 0 radical (unpaired) electrons. The molecule has 0 spiro atoms. The van der Waals surface area contributed by atoms with Crippen LogP contribution in [-0.4, -0.2) is 48.7 Å². The minimum atomic E-state index is -0.893. The number of nitrogens with zero attached hydrogens (tertiary/aromatic N) is 2. The summed E-state index contributed by atoms with van der Waals surface area (Å²) in [6.07, 6.45) is -0.361. The third kappa shape index (κ3) is 4.23. The zero-order chi connectivity index (χ0) is 11.8. The molecule has 0 aromatic carbocycles. The number of hydrogen-bond acceptors (Lipinski definition) is 7. The molecule has 0 saturated heterocycles. The highest BCUT2D eigenvalue weighted by Crippen LogP contribution is 2.08.